The predicted octanol–water partition coefficient (Wildman–Crippen LogP) is 2.45. The molecule has 1 aliphatic heterocycles. The van der Waals surface area contributed by atoms with Crippen LogP contribution in [-0.2, 0) is 14.3 Å². The summed E-state index contributed by atoms with van der Waals surface area (Å²) in [5.41, 5.74) is -0.523. The van der Waals surface area contributed by atoms with Crippen molar-refractivity contribution in [1.29, 1.82) is 0 Å². The number of carbonyl (C=O) groups is 3. The first-order valence-electron chi connectivity index (χ1n) is 10.3. The van der Waals surface area contributed by atoms with E-state index >= 15 is 0 Å². The zero-order valence-electron chi connectivity index (χ0n) is 17.0. The number of nitrogens with zero attached hydrogens (tertiary/aromatic N) is 1. The number of rotatable bonds is 6. The molecule has 1 heterocycles. The third-order valence-electron chi connectivity index (χ3n) is 5.30. The first kappa shape index (κ1) is 21.5. The van der Waals surface area contributed by atoms with Crippen LogP contribution in [0.4, 0.5) is 4.79 Å². The highest BCUT2D eigenvalue weighted by Crippen LogP contribution is 2.36. The highest BCUT2D eigenvalue weighted by atomic mass is 16.6. The van der Waals surface area contributed by atoms with Crippen molar-refractivity contribution in [2.24, 2.45) is 11.8 Å². The molecule has 27 heavy (non-hydrogen) atoms. The Labute approximate surface area is 162 Å². The lowest BCUT2D eigenvalue weighted by Crippen LogP contribution is -2.46. The minimum atomic E-state index is -0.523. The van der Waals surface area contributed by atoms with E-state index in [1.165, 1.54) is 25.7 Å². The molecule has 154 valence electrons. The summed E-state index contributed by atoms with van der Waals surface area (Å²) in [6, 6.07) is 0. The van der Waals surface area contributed by atoms with Gasteiger partial charge in [-0.3, -0.25) is 9.59 Å². The molecule has 0 aromatic heterocycles. The van der Waals surface area contributed by atoms with Crippen molar-refractivity contribution in [1.82, 2.24) is 15.5 Å². The van der Waals surface area contributed by atoms with Crippen molar-refractivity contribution in [2.75, 3.05) is 26.2 Å². The fraction of sp³-hybridized carbons (Fsp3) is 0.850. The Morgan fingerprint density at radius 2 is 1.67 bits per heavy atom. The summed E-state index contributed by atoms with van der Waals surface area (Å²) >= 11 is 0. The molecule has 7 heteroatoms. The summed E-state index contributed by atoms with van der Waals surface area (Å²) in [6.07, 6.45) is 6.21. The Hall–Kier alpha value is -1.79. The molecule has 0 radical (unpaired) electrons. The van der Waals surface area contributed by atoms with Crippen molar-refractivity contribution < 1.29 is 19.1 Å². The number of amides is 3. The zero-order valence-corrected chi connectivity index (χ0v) is 17.0. The predicted molar refractivity (Wildman–Crippen MR) is 103 cm³/mol. The number of alkyl carbamates (subject to hydrolysis) is 1. The van der Waals surface area contributed by atoms with Gasteiger partial charge in [-0.2, -0.15) is 0 Å². The van der Waals surface area contributed by atoms with Gasteiger partial charge in [0.2, 0.25) is 11.8 Å². The summed E-state index contributed by atoms with van der Waals surface area (Å²) in [5.74, 6) is 1.08. The molecule has 0 spiro atoms. The first-order chi connectivity index (χ1) is 12.7. The fourth-order valence-electron chi connectivity index (χ4n) is 3.96. The molecule has 1 aliphatic carbocycles. The summed E-state index contributed by atoms with van der Waals surface area (Å²) < 4.78 is 5.14. The standard InChI is InChI=1S/C20H35N3O4/c1-20(2,3)27-19(26)22-11-6-10-21-17(24)13-18(25)23-12-9-15-7-4-5-8-16(15)14-23/h15-16H,4-14H2,1-3H3,(H,21,24)(H,22,26). The Bertz CT molecular complexity index is 530. The smallest absolute Gasteiger partial charge is 0.407 e. The van der Waals surface area contributed by atoms with Crippen molar-refractivity contribution in [2.45, 2.75) is 71.3 Å². The van der Waals surface area contributed by atoms with Crippen LogP contribution in [0.2, 0.25) is 0 Å². The fourth-order valence-corrected chi connectivity index (χ4v) is 3.96. The number of ether oxygens (including phenoxy) is 1. The van der Waals surface area contributed by atoms with Gasteiger partial charge in [0.1, 0.15) is 12.0 Å². The number of piperidine rings is 1. The van der Waals surface area contributed by atoms with Crippen LogP contribution in [0, 0.1) is 11.8 Å². The molecule has 1 saturated carbocycles. The highest BCUT2D eigenvalue weighted by Gasteiger charge is 2.33. The van der Waals surface area contributed by atoms with E-state index in [-0.39, 0.29) is 18.2 Å². The quantitative estimate of drug-likeness (QED) is 0.546. The van der Waals surface area contributed by atoms with Crippen LogP contribution < -0.4 is 10.6 Å². The van der Waals surface area contributed by atoms with Crippen LogP contribution in [0.5, 0.6) is 0 Å². The van der Waals surface area contributed by atoms with Gasteiger partial charge in [-0.05, 0) is 51.9 Å². The Morgan fingerprint density at radius 1 is 1.00 bits per heavy atom. The third-order valence-corrected chi connectivity index (χ3v) is 5.30. The van der Waals surface area contributed by atoms with Crippen LogP contribution in [0.15, 0.2) is 0 Å². The van der Waals surface area contributed by atoms with E-state index in [0.717, 1.165) is 25.4 Å². The molecule has 0 bridgehead atoms. The maximum absolute atomic E-state index is 12.4. The Balaban J connectivity index is 1.57. The molecule has 1 saturated heterocycles. The molecule has 2 atom stereocenters. The number of likely N-dealkylation sites (tertiary alicyclic amines) is 1. The topological polar surface area (TPSA) is 87.7 Å². The van der Waals surface area contributed by atoms with Gasteiger partial charge in [0.25, 0.3) is 0 Å². The van der Waals surface area contributed by atoms with E-state index in [1.807, 2.05) is 4.90 Å². The van der Waals surface area contributed by atoms with E-state index in [0.29, 0.717) is 25.4 Å². The molecule has 2 rings (SSSR count). The Morgan fingerprint density at radius 3 is 2.37 bits per heavy atom. The van der Waals surface area contributed by atoms with E-state index in [2.05, 4.69) is 10.6 Å². The molecule has 0 aromatic carbocycles. The summed E-state index contributed by atoms with van der Waals surface area (Å²) in [7, 11) is 0. The van der Waals surface area contributed by atoms with Crippen LogP contribution in [0.3, 0.4) is 0 Å². The molecule has 2 aliphatic rings. The lowest BCUT2D eigenvalue weighted by atomic mass is 9.75. The van der Waals surface area contributed by atoms with Gasteiger partial charge in [-0.25, -0.2) is 4.79 Å². The number of carbonyl (C=O) groups excluding carboxylic acids is 3. The molecule has 0 aromatic rings. The third kappa shape index (κ3) is 7.77. The van der Waals surface area contributed by atoms with E-state index in [1.54, 1.807) is 20.8 Å². The summed E-state index contributed by atoms with van der Waals surface area (Å²) in [6.45, 7) is 7.86. The second-order valence-corrected chi connectivity index (χ2v) is 8.74. The van der Waals surface area contributed by atoms with Crippen molar-refractivity contribution in [3.63, 3.8) is 0 Å². The first-order valence-corrected chi connectivity index (χ1v) is 10.3. The van der Waals surface area contributed by atoms with Crippen LogP contribution in [0.25, 0.3) is 0 Å². The Kier molecular flexibility index (Phi) is 7.92. The van der Waals surface area contributed by atoms with Crippen molar-refractivity contribution in [3.8, 4) is 0 Å². The molecular formula is C20H35N3O4. The minimum Gasteiger partial charge on any atom is -0.444 e. The van der Waals surface area contributed by atoms with Gasteiger partial charge >= 0.3 is 6.09 Å². The van der Waals surface area contributed by atoms with E-state index < -0.39 is 11.7 Å². The van der Waals surface area contributed by atoms with Gasteiger partial charge in [0.05, 0.1) is 0 Å². The van der Waals surface area contributed by atoms with Gasteiger partial charge in [0.15, 0.2) is 0 Å². The molecule has 2 unspecified atom stereocenters. The van der Waals surface area contributed by atoms with Crippen molar-refractivity contribution >= 4 is 17.9 Å². The van der Waals surface area contributed by atoms with Crippen LogP contribution in [0.1, 0.15) is 65.7 Å². The second kappa shape index (κ2) is 9.95. The van der Waals surface area contributed by atoms with Gasteiger partial charge in [0, 0.05) is 26.2 Å². The maximum atomic E-state index is 12.4. The van der Waals surface area contributed by atoms with E-state index in [9.17, 15) is 14.4 Å². The number of hydrogen-bond donors (Lipinski definition) is 2. The van der Waals surface area contributed by atoms with Gasteiger partial charge in [-0.15, -0.1) is 0 Å². The average molecular weight is 382 g/mol. The average Bonchev–Trinajstić information content (AvgIpc) is 2.59. The largest absolute Gasteiger partial charge is 0.444 e. The minimum absolute atomic E-state index is 0.0663. The lowest BCUT2D eigenvalue weighted by molar-refractivity contribution is -0.138. The van der Waals surface area contributed by atoms with Crippen molar-refractivity contribution in [3.05, 3.63) is 0 Å². The zero-order chi connectivity index (χ0) is 19.9. The molecule has 2 fully saturated rings. The van der Waals surface area contributed by atoms with Gasteiger partial charge in [-0.1, -0.05) is 19.3 Å². The second-order valence-electron chi connectivity index (χ2n) is 8.74. The number of nitrogens with one attached hydrogen (secondary N) is 2. The van der Waals surface area contributed by atoms with Crippen LogP contribution in [-0.4, -0.2) is 54.6 Å². The number of hydrogen-bond acceptors (Lipinski definition) is 4. The van der Waals surface area contributed by atoms with Crippen LogP contribution >= 0.6 is 0 Å². The lowest BCUT2D eigenvalue weighted by Gasteiger charge is -2.41. The summed E-state index contributed by atoms with van der Waals surface area (Å²) in [4.78, 5) is 37.8. The molecule has 2 N–H and O–H groups in total. The monoisotopic (exact) mass is 381 g/mol. The maximum Gasteiger partial charge on any atom is 0.407 e. The molecule has 7 nitrogen and oxygen atoms in total. The molecule has 3 amide bonds. The normalized spacial score (nSPS) is 22.6. The highest BCUT2D eigenvalue weighted by molar-refractivity contribution is 5.96. The summed E-state index contributed by atoms with van der Waals surface area (Å²) in [5, 5.41) is 5.40. The SMILES string of the molecule is CC(C)(C)OC(=O)NCCCNC(=O)CC(=O)N1CCC2CCCCC2C1. The molecular weight excluding hydrogens is 346 g/mol. The van der Waals surface area contributed by atoms with Gasteiger partial charge < -0.3 is 20.3 Å². The number of fused-ring (bicyclic) bond motifs is 1. The van der Waals surface area contributed by atoms with E-state index in [4.69, 9.17) is 4.74 Å².